The summed E-state index contributed by atoms with van der Waals surface area (Å²) in [6.07, 6.45) is 0. The molecule has 0 aromatic heterocycles. The van der Waals surface area contributed by atoms with Crippen LogP contribution in [0.2, 0.25) is 0 Å². The average Bonchev–Trinajstić information content (AvgIpc) is 2.74. The molecule has 148 valence electrons. The minimum Gasteiger partial charge on any atom is -0.496 e. The molecule has 3 rings (SSSR count). The van der Waals surface area contributed by atoms with Crippen LogP contribution in [0.4, 0.5) is 14.5 Å². The molecule has 0 saturated heterocycles. The van der Waals surface area contributed by atoms with Crippen LogP contribution in [0.1, 0.15) is 26.3 Å². The van der Waals surface area contributed by atoms with E-state index in [1.54, 1.807) is 25.3 Å². The smallest absolute Gasteiger partial charge is 0.255 e. The second-order valence-corrected chi connectivity index (χ2v) is 6.15. The molecule has 0 aliphatic carbocycles. The number of rotatable bonds is 6. The number of nitrogens with one attached hydrogen (secondary N) is 2. The Bertz CT molecular complexity index is 1050. The van der Waals surface area contributed by atoms with Gasteiger partial charge in [-0.05, 0) is 36.4 Å². The van der Waals surface area contributed by atoms with Crippen molar-refractivity contribution in [1.82, 2.24) is 5.32 Å². The number of methoxy groups -OCH3 is 1. The molecule has 3 aromatic carbocycles. The Morgan fingerprint density at radius 1 is 0.897 bits per heavy atom. The van der Waals surface area contributed by atoms with Crippen LogP contribution < -0.4 is 15.4 Å². The molecular formula is C22H18F2N2O3. The van der Waals surface area contributed by atoms with Gasteiger partial charge in [-0.15, -0.1) is 0 Å². The van der Waals surface area contributed by atoms with E-state index < -0.39 is 17.5 Å². The van der Waals surface area contributed by atoms with Gasteiger partial charge in [0.1, 0.15) is 17.4 Å². The molecule has 5 nitrogen and oxygen atoms in total. The van der Waals surface area contributed by atoms with E-state index in [0.717, 1.165) is 17.7 Å². The molecule has 0 aliphatic rings. The summed E-state index contributed by atoms with van der Waals surface area (Å²) in [6.45, 7) is 0.250. The third kappa shape index (κ3) is 4.95. The Morgan fingerprint density at radius 2 is 1.62 bits per heavy atom. The zero-order valence-corrected chi connectivity index (χ0v) is 15.5. The molecule has 3 aromatic rings. The summed E-state index contributed by atoms with van der Waals surface area (Å²) in [5, 5.41) is 5.13. The number of benzene rings is 3. The van der Waals surface area contributed by atoms with Crippen molar-refractivity contribution in [2.24, 2.45) is 0 Å². The van der Waals surface area contributed by atoms with E-state index in [0.29, 0.717) is 11.8 Å². The lowest BCUT2D eigenvalue weighted by atomic mass is 10.1. The van der Waals surface area contributed by atoms with E-state index in [2.05, 4.69) is 10.6 Å². The van der Waals surface area contributed by atoms with Gasteiger partial charge >= 0.3 is 0 Å². The van der Waals surface area contributed by atoms with Crippen LogP contribution in [0.5, 0.6) is 5.75 Å². The number of ether oxygens (including phenoxy) is 1. The number of carbonyl (C=O) groups excluding carboxylic acids is 2. The van der Waals surface area contributed by atoms with Crippen molar-refractivity contribution >= 4 is 17.5 Å². The highest BCUT2D eigenvalue weighted by molar-refractivity contribution is 6.06. The van der Waals surface area contributed by atoms with Crippen molar-refractivity contribution in [2.75, 3.05) is 12.4 Å². The maximum Gasteiger partial charge on any atom is 0.255 e. The quantitative estimate of drug-likeness (QED) is 0.658. The lowest BCUT2D eigenvalue weighted by Gasteiger charge is -2.10. The number of hydrogen-bond donors (Lipinski definition) is 2. The summed E-state index contributed by atoms with van der Waals surface area (Å²) < 4.78 is 32.0. The zero-order valence-electron chi connectivity index (χ0n) is 15.5. The van der Waals surface area contributed by atoms with E-state index in [-0.39, 0.29) is 29.3 Å². The molecule has 0 fully saturated rings. The monoisotopic (exact) mass is 396 g/mol. The van der Waals surface area contributed by atoms with Crippen LogP contribution in [0.3, 0.4) is 0 Å². The minimum atomic E-state index is -0.885. The first-order valence-corrected chi connectivity index (χ1v) is 8.74. The summed E-state index contributed by atoms with van der Waals surface area (Å²) in [5.74, 6) is -1.96. The van der Waals surface area contributed by atoms with Crippen molar-refractivity contribution in [3.8, 4) is 5.75 Å². The lowest BCUT2D eigenvalue weighted by Crippen LogP contribution is -2.23. The molecule has 2 amide bonds. The predicted octanol–water partition coefficient (Wildman–Crippen LogP) is 4.16. The van der Waals surface area contributed by atoms with Crippen molar-refractivity contribution < 1.29 is 23.1 Å². The molecule has 0 aliphatic heterocycles. The Hall–Kier alpha value is -3.74. The van der Waals surface area contributed by atoms with Crippen LogP contribution in [0, 0.1) is 11.6 Å². The molecule has 0 saturated carbocycles. The largest absolute Gasteiger partial charge is 0.496 e. The lowest BCUT2D eigenvalue weighted by molar-refractivity contribution is 0.0950. The first kappa shape index (κ1) is 20.0. The van der Waals surface area contributed by atoms with Gasteiger partial charge in [0.05, 0.1) is 12.8 Å². The third-order valence-corrected chi connectivity index (χ3v) is 4.20. The Balaban J connectivity index is 1.69. The molecule has 0 radical (unpaired) electrons. The fourth-order valence-electron chi connectivity index (χ4n) is 2.71. The number of halogens is 2. The van der Waals surface area contributed by atoms with E-state index in [9.17, 15) is 18.4 Å². The number of amides is 2. The van der Waals surface area contributed by atoms with Crippen molar-refractivity contribution in [3.05, 3.63) is 95.1 Å². The molecule has 0 atom stereocenters. The SMILES string of the molecule is COc1ccccc1CNC(=O)c1cccc(C(=O)Nc2ccc(F)cc2F)c1. The van der Waals surface area contributed by atoms with E-state index in [4.69, 9.17) is 4.74 Å². The van der Waals surface area contributed by atoms with Gasteiger partial charge in [-0.25, -0.2) is 8.78 Å². The topological polar surface area (TPSA) is 67.4 Å². The first-order chi connectivity index (χ1) is 14.0. The summed E-state index contributed by atoms with van der Waals surface area (Å²) in [6, 6.07) is 16.1. The van der Waals surface area contributed by atoms with Crippen molar-refractivity contribution in [3.63, 3.8) is 0 Å². The highest BCUT2D eigenvalue weighted by Crippen LogP contribution is 2.18. The van der Waals surface area contributed by atoms with Gasteiger partial charge in [0.25, 0.3) is 11.8 Å². The molecule has 2 N–H and O–H groups in total. The van der Waals surface area contributed by atoms with Gasteiger partial charge in [-0.1, -0.05) is 24.3 Å². The predicted molar refractivity (Wildman–Crippen MR) is 105 cm³/mol. The molecule has 7 heteroatoms. The van der Waals surface area contributed by atoms with Crippen LogP contribution in [-0.2, 0) is 6.54 Å². The van der Waals surface area contributed by atoms with E-state index >= 15 is 0 Å². The zero-order chi connectivity index (χ0) is 20.8. The van der Waals surface area contributed by atoms with Crippen molar-refractivity contribution in [2.45, 2.75) is 6.54 Å². The van der Waals surface area contributed by atoms with Gasteiger partial charge in [0, 0.05) is 29.3 Å². The highest BCUT2D eigenvalue weighted by Gasteiger charge is 2.13. The molecule has 0 spiro atoms. The summed E-state index contributed by atoms with van der Waals surface area (Å²) in [4.78, 5) is 24.8. The Labute approximate surface area is 166 Å². The number of anilines is 1. The van der Waals surface area contributed by atoms with Gasteiger partial charge in [0.15, 0.2) is 0 Å². The fourth-order valence-corrected chi connectivity index (χ4v) is 2.71. The van der Waals surface area contributed by atoms with Gasteiger partial charge in [0.2, 0.25) is 0 Å². The van der Waals surface area contributed by atoms with Crippen LogP contribution in [0.15, 0.2) is 66.7 Å². The van der Waals surface area contributed by atoms with Gasteiger partial charge < -0.3 is 15.4 Å². The Morgan fingerprint density at radius 3 is 2.34 bits per heavy atom. The summed E-state index contributed by atoms with van der Waals surface area (Å²) in [5.41, 5.74) is 1.09. The van der Waals surface area contributed by atoms with E-state index in [1.165, 1.54) is 12.1 Å². The molecule has 29 heavy (non-hydrogen) atoms. The first-order valence-electron chi connectivity index (χ1n) is 8.74. The normalized spacial score (nSPS) is 10.3. The number of para-hydroxylation sites is 1. The standard InChI is InChI=1S/C22H18F2N2O3/c1-29-20-8-3-2-5-16(20)13-25-21(27)14-6-4-7-15(11-14)22(28)26-19-10-9-17(23)12-18(19)24/h2-12H,13H2,1H3,(H,25,27)(H,26,28). The molecule has 0 bridgehead atoms. The number of hydrogen-bond acceptors (Lipinski definition) is 3. The van der Waals surface area contributed by atoms with Crippen LogP contribution in [-0.4, -0.2) is 18.9 Å². The Kier molecular flexibility index (Phi) is 6.19. The minimum absolute atomic E-state index is 0.151. The molecule has 0 heterocycles. The van der Waals surface area contributed by atoms with Crippen LogP contribution in [0.25, 0.3) is 0 Å². The average molecular weight is 396 g/mol. The van der Waals surface area contributed by atoms with E-state index in [1.807, 2.05) is 18.2 Å². The third-order valence-electron chi connectivity index (χ3n) is 4.20. The number of carbonyl (C=O) groups is 2. The molecule has 0 unspecified atom stereocenters. The summed E-state index contributed by atoms with van der Waals surface area (Å²) in [7, 11) is 1.55. The van der Waals surface area contributed by atoms with Gasteiger partial charge in [-0.3, -0.25) is 9.59 Å². The molecular weight excluding hydrogens is 378 g/mol. The van der Waals surface area contributed by atoms with Gasteiger partial charge in [-0.2, -0.15) is 0 Å². The maximum atomic E-state index is 13.7. The maximum absolute atomic E-state index is 13.7. The fraction of sp³-hybridized carbons (Fsp3) is 0.0909. The van der Waals surface area contributed by atoms with Crippen molar-refractivity contribution in [1.29, 1.82) is 0 Å². The second kappa shape index (κ2) is 8.97. The highest BCUT2D eigenvalue weighted by atomic mass is 19.1. The summed E-state index contributed by atoms with van der Waals surface area (Å²) >= 11 is 0. The van der Waals surface area contributed by atoms with Crippen LogP contribution >= 0.6 is 0 Å². The second-order valence-electron chi connectivity index (χ2n) is 6.15.